The number of nitrogens with one attached hydrogen (secondary N) is 1. The molecule has 1 amide bonds. The van der Waals surface area contributed by atoms with E-state index in [1.54, 1.807) is 30.3 Å². The Bertz CT molecular complexity index is 1050. The van der Waals surface area contributed by atoms with Crippen molar-refractivity contribution < 1.29 is 27.5 Å². The second kappa shape index (κ2) is 9.13. The molecule has 2 aromatic rings. The van der Waals surface area contributed by atoms with Crippen LogP contribution < -0.4 is 10.2 Å². The summed E-state index contributed by atoms with van der Waals surface area (Å²) in [5, 5.41) is 2.70. The number of halogens is 3. The number of carbonyl (C=O) groups is 2. The van der Waals surface area contributed by atoms with Crippen LogP contribution in [0.1, 0.15) is 17.2 Å². The molecule has 2 aliphatic heterocycles. The van der Waals surface area contributed by atoms with Crippen molar-refractivity contribution in [2.75, 3.05) is 38.2 Å². The van der Waals surface area contributed by atoms with Crippen LogP contribution in [0.2, 0.25) is 0 Å². The van der Waals surface area contributed by atoms with Gasteiger partial charge >= 0.3 is 12.1 Å². The number of alkyl halides is 3. The molecule has 1 saturated heterocycles. The first-order valence-corrected chi connectivity index (χ1v) is 10.5. The van der Waals surface area contributed by atoms with Crippen molar-refractivity contribution in [3.8, 4) is 0 Å². The van der Waals surface area contributed by atoms with Gasteiger partial charge in [-0.2, -0.15) is 13.2 Å². The van der Waals surface area contributed by atoms with Gasteiger partial charge in [0.15, 0.2) is 5.92 Å². The second-order valence-corrected chi connectivity index (χ2v) is 7.82. The molecular formula is C23H23F3N4O3. The first-order valence-electron chi connectivity index (χ1n) is 10.5. The summed E-state index contributed by atoms with van der Waals surface area (Å²) in [5.41, 5.74) is 0.515. The quantitative estimate of drug-likeness (QED) is 0.563. The maximum atomic E-state index is 13.1. The smallest absolute Gasteiger partial charge is 0.416 e. The number of esters is 1. The summed E-state index contributed by atoms with van der Waals surface area (Å²) in [6, 6.07) is 13.5. The summed E-state index contributed by atoms with van der Waals surface area (Å²) >= 11 is 0. The lowest BCUT2D eigenvalue weighted by molar-refractivity contribution is -0.151. The number of ether oxygens (including phenoxy) is 1. The summed E-state index contributed by atoms with van der Waals surface area (Å²) < 4.78 is 44.0. The van der Waals surface area contributed by atoms with Gasteiger partial charge in [-0.05, 0) is 23.8 Å². The molecule has 174 valence electrons. The Balaban J connectivity index is 1.52. The highest BCUT2D eigenvalue weighted by Gasteiger charge is 2.42. The van der Waals surface area contributed by atoms with Crippen LogP contribution in [0, 0.1) is 5.92 Å². The average Bonchev–Trinajstić information content (AvgIpc) is 2.83. The van der Waals surface area contributed by atoms with Crippen molar-refractivity contribution in [1.82, 2.24) is 10.2 Å². The van der Waals surface area contributed by atoms with Gasteiger partial charge < -0.3 is 14.5 Å². The van der Waals surface area contributed by atoms with Gasteiger partial charge in [0.2, 0.25) is 11.9 Å². The van der Waals surface area contributed by atoms with Crippen molar-refractivity contribution in [3.63, 3.8) is 0 Å². The number of hydrogen-bond acceptors (Lipinski definition) is 6. The molecule has 2 atom stereocenters. The topological polar surface area (TPSA) is 74.2 Å². The average molecular weight is 460 g/mol. The number of benzene rings is 2. The predicted molar refractivity (Wildman–Crippen MR) is 115 cm³/mol. The van der Waals surface area contributed by atoms with Gasteiger partial charge in [-0.3, -0.25) is 14.9 Å². The monoisotopic (exact) mass is 460 g/mol. The van der Waals surface area contributed by atoms with E-state index in [1.807, 2.05) is 15.9 Å². The number of hydrogen-bond donors (Lipinski definition) is 1. The highest BCUT2D eigenvalue weighted by molar-refractivity contribution is 6.08. The van der Waals surface area contributed by atoms with Crippen molar-refractivity contribution in [2.45, 2.75) is 12.2 Å². The van der Waals surface area contributed by atoms with E-state index in [0.29, 0.717) is 43.4 Å². The van der Waals surface area contributed by atoms with Crippen LogP contribution in [0.25, 0.3) is 0 Å². The van der Waals surface area contributed by atoms with E-state index < -0.39 is 35.6 Å². The standard InChI is InChI=1S/C23H23F3N4O3/c1-33-21(32)18-19(15-6-3-2-4-7-15)27-22(28-20(18)31)30-12-10-29(11-13-30)17-9-5-8-16(14-17)23(24,25)26/h2-9,14,18-19H,10-13H2,1H3,(H,27,28,31)/t18-,19-/m1/s1. The summed E-state index contributed by atoms with van der Waals surface area (Å²) in [4.78, 5) is 33.5. The maximum absolute atomic E-state index is 13.1. The minimum atomic E-state index is -4.40. The molecule has 1 N–H and O–H groups in total. The van der Waals surface area contributed by atoms with Crippen LogP contribution >= 0.6 is 0 Å². The molecule has 0 aliphatic carbocycles. The van der Waals surface area contributed by atoms with E-state index in [4.69, 9.17) is 4.74 Å². The minimum Gasteiger partial charge on any atom is -0.468 e. The molecule has 1 fully saturated rings. The maximum Gasteiger partial charge on any atom is 0.416 e. The number of amides is 1. The number of aliphatic imine (C=N–C) groups is 1. The molecule has 0 saturated carbocycles. The number of piperazine rings is 1. The fourth-order valence-corrected chi connectivity index (χ4v) is 4.07. The zero-order valence-corrected chi connectivity index (χ0v) is 17.9. The number of guanidine groups is 1. The normalized spacial score (nSPS) is 21.3. The molecule has 2 aromatic carbocycles. The van der Waals surface area contributed by atoms with Crippen molar-refractivity contribution in [3.05, 3.63) is 65.7 Å². The van der Waals surface area contributed by atoms with Crippen LogP contribution in [0.5, 0.6) is 0 Å². The van der Waals surface area contributed by atoms with E-state index in [9.17, 15) is 22.8 Å². The van der Waals surface area contributed by atoms with Gasteiger partial charge in [0.05, 0.1) is 12.7 Å². The Morgan fingerprint density at radius 1 is 1.03 bits per heavy atom. The van der Waals surface area contributed by atoms with Gasteiger partial charge in [-0.15, -0.1) is 0 Å². The predicted octanol–water partition coefficient (Wildman–Crippen LogP) is 2.84. The Labute approximate surface area is 188 Å². The molecular weight excluding hydrogens is 437 g/mol. The van der Waals surface area contributed by atoms with E-state index >= 15 is 0 Å². The molecule has 0 unspecified atom stereocenters. The first kappa shape index (κ1) is 22.6. The van der Waals surface area contributed by atoms with Crippen molar-refractivity contribution in [1.29, 1.82) is 0 Å². The first-order chi connectivity index (χ1) is 15.8. The summed E-state index contributed by atoms with van der Waals surface area (Å²) in [6.45, 7) is 1.79. The molecule has 0 spiro atoms. The molecule has 4 rings (SSSR count). The largest absolute Gasteiger partial charge is 0.468 e. The van der Waals surface area contributed by atoms with E-state index in [2.05, 4.69) is 10.3 Å². The Morgan fingerprint density at radius 2 is 1.70 bits per heavy atom. The Morgan fingerprint density at radius 3 is 2.33 bits per heavy atom. The van der Waals surface area contributed by atoms with Gasteiger partial charge in [-0.1, -0.05) is 36.4 Å². The summed E-state index contributed by atoms with van der Waals surface area (Å²) in [7, 11) is 1.23. The molecule has 0 radical (unpaired) electrons. The van der Waals surface area contributed by atoms with Crippen LogP contribution in [0.4, 0.5) is 18.9 Å². The third-order valence-corrected chi connectivity index (χ3v) is 5.81. The highest BCUT2D eigenvalue weighted by Crippen LogP contribution is 2.33. The number of rotatable bonds is 3. The zero-order chi connectivity index (χ0) is 23.6. The number of anilines is 1. The van der Waals surface area contributed by atoms with Gasteiger partial charge in [0.1, 0.15) is 6.04 Å². The lowest BCUT2D eigenvalue weighted by Gasteiger charge is -2.39. The van der Waals surface area contributed by atoms with E-state index in [0.717, 1.165) is 12.1 Å². The fraction of sp³-hybridized carbons (Fsp3) is 0.348. The molecule has 2 heterocycles. The molecule has 7 nitrogen and oxygen atoms in total. The lowest BCUT2D eigenvalue weighted by atomic mass is 9.91. The minimum absolute atomic E-state index is 0.345. The second-order valence-electron chi connectivity index (χ2n) is 7.82. The van der Waals surface area contributed by atoms with Crippen LogP contribution in [-0.4, -0.2) is 56.0 Å². The van der Waals surface area contributed by atoms with Gasteiger partial charge in [0, 0.05) is 31.9 Å². The molecule has 0 aromatic heterocycles. The third-order valence-electron chi connectivity index (χ3n) is 5.81. The van der Waals surface area contributed by atoms with Gasteiger partial charge in [-0.25, -0.2) is 4.99 Å². The number of carbonyl (C=O) groups excluding carboxylic acids is 2. The van der Waals surface area contributed by atoms with Gasteiger partial charge in [0.25, 0.3) is 0 Å². The molecule has 2 aliphatic rings. The number of methoxy groups -OCH3 is 1. The molecule has 10 heteroatoms. The van der Waals surface area contributed by atoms with Crippen molar-refractivity contribution in [2.24, 2.45) is 10.9 Å². The third kappa shape index (κ3) is 4.79. The Hall–Kier alpha value is -3.56. The van der Waals surface area contributed by atoms with Crippen LogP contribution in [-0.2, 0) is 20.5 Å². The van der Waals surface area contributed by atoms with E-state index in [-0.39, 0.29) is 0 Å². The van der Waals surface area contributed by atoms with Crippen LogP contribution in [0.3, 0.4) is 0 Å². The lowest BCUT2D eigenvalue weighted by Crippen LogP contribution is -2.57. The van der Waals surface area contributed by atoms with Crippen molar-refractivity contribution >= 4 is 23.5 Å². The summed E-state index contributed by atoms with van der Waals surface area (Å²) in [6.07, 6.45) is -4.40. The van der Waals surface area contributed by atoms with E-state index in [1.165, 1.54) is 13.2 Å². The fourth-order valence-electron chi connectivity index (χ4n) is 4.07. The SMILES string of the molecule is COC(=O)[C@H]1C(=O)NC(N2CCN(c3cccc(C(F)(F)F)c3)CC2)=N[C@@H]1c1ccccc1. The van der Waals surface area contributed by atoms with Crippen LogP contribution in [0.15, 0.2) is 59.6 Å². The zero-order valence-electron chi connectivity index (χ0n) is 17.9. The highest BCUT2D eigenvalue weighted by atomic mass is 19.4. The molecule has 0 bridgehead atoms. The Kier molecular flexibility index (Phi) is 6.26. The number of nitrogens with zero attached hydrogens (tertiary/aromatic N) is 3. The molecule has 33 heavy (non-hydrogen) atoms. The summed E-state index contributed by atoms with van der Waals surface area (Å²) in [5.74, 6) is -1.93.